The molecule has 2 aromatic rings. The highest BCUT2D eigenvalue weighted by Gasteiger charge is 2.17. The molecule has 0 aliphatic carbocycles. The average Bonchev–Trinajstić information content (AvgIpc) is 2.64. The Morgan fingerprint density at radius 2 is 1.89 bits per heavy atom. The molecule has 142 valence electrons. The van der Waals surface area contributed by atoms with Crippen LogP contribution in [-0.4, -0.2) is 37.3 Å². The first kappa shape index (κ1) is 20.6. The maximum Gasteiger partial charge on any atom is 0.258 e. The molecule has 27 heavy (non-hydrogen) atoms. The van der Waals surface area contributed by atoms with Gasteiger partial charge in [-0.15, -0.1) is 0 Å². The van der Waals surface area contributed by atoms with Crippen molar-refractivity contribution in [3.05, 3.63) is 55.6 Å². The Kier molecular flexibility index (Phi) is 7.16. The van der Waals surface area contributed by atoms with Gasteiger partial charge in [0.05, 0.1) is 35.2 Å². The van der Waals surface area contributed by atoms with Crippen LogP contribution in [0.2, 0.25) is 10.0 Å². The largest absolute Gasteiger partial charge is 0.378 e. The minimum Gasteiger partial charge on any atom is -0.378 e. The third-order valence-corrected chi connectivity index (χ3v) is 5.40. The van der Waals surface area contributed by atoms with Gasteiger partial charge in [-0.3, -0.25) is 10.1 Å². The minimum absolute atomic E-state index is 0.173. The molecule has 0 saturated carbocycles. The molecular formula is C18H16Cl2IN3O2S. The summed E-state index contributed by atoms with van der Waals surface area (Å²) in [5.41, 5.74) is 2.04. The minimum atomic E-state index is -0.369. The van der Waals surface area contributed by atoms with Crippen LogP contribution in [0.25, 0.3) is 0 Å². The fourth-order valence-electron chi connectivity index (χ4n) is 2.68. The molecule has 0 spiro atoms. The van der Waals surface area contributed by atoms with Crippen molar-refractivity contribution in [3.8, 4) is 0 Å². The molecule has 0 radical (unpaired) electrons. The van der Waals surface area contributed by atoms with Gasteiger partial charge >= 0.3 is 0 Å². The molecule has 1 aliphatic rings. The Balaban J connectivity index is 1.74. The van der Waals surface area contributed by atoms with Crippen LogP contribution in [0.3, 0.4) is 0 Å². The first-order valence-corrected chi connectivity index (χ1v) is 10.4. The number of carbonyl (C=O) groups is 1. The molecular weight excluding hydrogens is 520 g/mol. The fourth-order valence-corrected chi connectivity index (χ4v) is 3.75. The van der Waals surface area contributed by atoms with E-state index in [1.54, 1.807) is 18.2 Å². The van der Waals surface area contributed by atoms with Crippen LogP contribution < -0.4 is 15.5 Å². The third-order valence-electron chi connectivity index (χ3n) is 3.96. The normalized spacial score (nSPS) is 14.0. The van der Waals surface area contributed by atoms with Crippen LogP contribution in [0.1, 0.15) is 10.4 Å². The van der Waals surface area contributed by atoms with E-state index in [2.05, 4.69) is 38.1 Å². The molecule has 1 aliphatic heterocycles. The van der Waals surface area contributed by atoms with E-state index in [-0.39, 0.29) is 11.0 Å². The Morgan fingerprint density at radius 1 is 1.15 bits per heavy atom. The van der Waals surface area contributed by atoms with Gasteiger partial charge in [-0.05, 0) is 71.2 Å². The average molecular weight is 536 g/mol. The zero-order valence-corrected chi connectivity index (χ0v) is 18.6. The highest BCUT2D eigenvalue weighted by Crippen LogP contribution is 2.30. The number of nitrogens with one attached hydrogen (secondary N) is 2. The van der Waals surface area contributed by atoms with E-state index < -0.39 is 0 Å². The fraction of sp³-hybridized carbons (Fsp3) is 0.222. The summed E-state index contributed by atoms with van der Waals surface area (Å²) in [4.78, 5) is 14.7. The van der Waals surface area contributed by atoms with Gasteiger partial charge < -0.3 is 15.0 Å². The van der Waals surface area contributed by atoms with Crippen molar-refractivity contribution in [1.82, 2.24) is 5.32 Å². The molecule has 1 amide bonds. The lowest BCUT2D eigenvalue weighted by atomic mass is 10.2. The highest BCUT2D eigenvalue weighted by atomic mass is 127. The molecule has 0 aromatic heterocycles. The summed E-state index contributed by atoms with van der Waals surface area (Å²) in [6, 6.07) is 10.8. The number of hydrogen-bond acceptors (Lipinski definition) is 4. The summed E-state index contributed by atoms with van der Waals surface area (Å²) in [6.45, 7) is 2.86. The van der Waals surface area contributed by atoms with E-state index in [0.29, 0.717) is 28.8 Å². The van der Waals surface area contributed by atoms with Gasteiger partial charge in [-0.1, -0.05) is 23.2 Å². The van der Waals surface area contributed by atoms with Crippen LogP contribution in [-0.2, 0) is 4.74 Å². The quantitative estimate of drug-likeness (QED) is 0.446. The van der Waals surface area contributed by atoms with Gasteiger partial charge in [0.1, 0.15) is 0 Å². The number of amides is 1. The lowest BCUT2D eigenvalue weighted by molar-refractivity contribution is 0.0978. The number of nitrogens with zero attached hydrogens (tertiary/aromatic N) is 1. The van der Waals surface area contributed by atoms with Gasteiger partial charge in [0.25, 0.3) is 5.91 Å². The summed E-state index contributed by atoms with van der Waals surface area (Å²) >= 11 is 19.7. The molecule has 1 saturated heterocycles. The van der Waals surface area contributed by atoms with Crippen LogP contribution >= 0.6 is 58.0 Å². The number of thiocarbonyl (C=S) groups is 1. The van der Waals surface area contributed by atoms with Crippen LogP contribution in [0, 0.1) is 3.57 Å². The molecule has 1 fully saturated rings. The first-order chi connectivity index (χ1) is 12.9. The van der Waals surface area contributed by atoms with E-state index in [0.717, 1.165) is 28.0 Å². The smallest absolute Gasteiger partial charge is 0.258 e. The highest BCUT2D eigenvalue weighted by molar-refractivity contribution is 14.1. The Hall–Kier alpha value is -1.13. The number of ether oxygens (including phenoxy) is 1. The number of benzene rings is 2. The maximum atomic E-state index is 12.5. The molecule has 0 bridgehead atoms. The Morgan fingerprint density at radius 3 is 2.63 bits per heavy atom. The third kappa shape index (κ3) is 5.45. The molecule has 2 aromatic carbocycles. The van der Waals surface area contributed by atoms with Gasteiger partial charge in [-0.2, -0.15) is 0 Å². The number of hydrogen-bond donors (Lipinski definition) is 2. The number of halogens is 3. The first-order valence-electron chi connectivity index (χ1n) is 8.13. The van der Waals surface area contributed by atoms with Crippen molar-refractivity contribution in [2.45, 2.75) is 0 Å². The van der Waals surface area contributed by atoms with Crippen molar-refractivity contribution in [2.75, 3.05) is 36.5 Å². The van der Waals surface area contributed by atoms with Gasteiger partial charge in [0, 0.05) is 21.7 Å². The monoisotopic (exact) mass is 535 g/mol. The van der Waals surface area contributed by atoms with Crippen molar-refractivity contribution in [3.63, 3.8) is 0 Å². The number of carbonyl (C=O) groups excluding carboxylic acids is 1. The summed E-state index contributed by atoms with van der Waals surface area (Å²) in [6.07, 6.45) is 0. The zero-order valence-electron chi connectivity index (χ0n) is 14.1. The summed E-state index contributed by atoms with van der Waals surface area (Å²) in [5, 5.41) is 6.86. The van der Waals surface area contributed by atoms with Gasteiger partial charge in [0.2, 0.25) is 0 Å². The Labute approximate surface area is 186 Å². The molecule has 0 unspecified atom stereocenters. The van der Waals surface area contributed by atoms with Crippen molar-refractivity contribution < 1.29 is 9.53 Å². The summed E-state index contributed by atoms with van der Waals surface area (Å²) in [5.74, 6) is -0.369. The Bertz CT molecular complexity index is 876. The zero-order chi connectivity index (χ0) is 19.4. The van der Waals surface area contributed by atoms with Crippen molar-refractivity contribution in [2.24, 2.45) is 0 Å². The standard InChI is InChI=1S/C18H16Cl2IN3O2S/c19-11-1-4-16(24-5-7-26-8-6-24)15(9-11)22-18(27)23-17(25)13-10-12(21)2-3-14(13)20/h1-4,9-10H,5-8H2,(H2,22,23,25,27). The van der Waals surface area contributed by atoms with Crippen LogP contribution in [0.5, 0.6) is 0 Å². The molecule has 0 atom stereocenters. The van der Waals surface area contributed by atoms with E-state index in [1.165, 1.54) is 0 Å². The predicted molar refractivity (Wildman–Crippen MR) is 122 cm³/mol. The lowest BCUT2D eigenvalue weighted by Crippen LogP contribution is -2.38. The van der Waals surface area contributed by atoms with Crippen LogP contribution in [0.4, 0.5) is 11.4 Å². The number of anilines is 2. The topological polar surface area (TPSA) is 53.6 Å². The van der Waals surface area contributed by atoms with Crippen molar-refractivity contribution >= 4 is 80.4 Å². The van der Waals surface area contributed by atoms with Gasteiger partial charge in [0.15, 0.2) is 5.11 Å². The summed E-state index contributed by atoms with van der Waals surface area (Å²) < 4.78 is 6.31. The number of morpholine rings is 1. The SMILES string of the molecule is O=C(NC(=S)Nc1cc(Cl)ccc1N1CCOCC1)c1cc(I)ccc1Cl. The predicted octanol–water partition coefficient (Wildman–Crippen LogP) is 4.56. The molecule has 2 N–H and O–H groups in total. The second kappa shape index (κ2) is 9.38. The second-order valence-electron chi connectivity index (χ2n) is 5.79. The van der Waals surface area contributed by atoms with E-state index in [1.807, 2.05) is 18.2 Å². The molecule has 5 nitrogen and oxygen atoms in total. The number of rotatable bonds is 3. The van der Waals surface area contributed by atoms with E-state index >= 15 is 0 Å². The molecule has 9 heteroatoms. The van der Waals surface area contributed by atoms with Crippen LogP contribution in [0.15, 0.2) is 36.4 Å². The lowest BCUT2D eigenvalue weighted by Gasteiger charge is -2.30. The van der Waals surface area contributed by atoms with Crippen molar-refractivity contribution in [1.29, 1.82) is 0 Å². The van der Waals surface area contributed by atoms with E-state index in [9.17, 15) is 4.79 Å². The van der Waals surface area contributed by atoms with Gasteiger partial charge in [-0.25, -0.2) is 0 Å². The maximum absolute atomic E-state index is 12.5. The van der Waals surface area contributed by atoms with E-state index in [4.69, 9.17) is 40.2 Å². The summed E-state index contributed by atoms with van der Waals surface area (Å²) in [7, 11) is 0. The molecule has 1 heterocycles. The second-order valence-corrected chi connectivity index (χ2v) is 8.29. The molecule has 3 rings (SSSR count).